The Hall–Kier alpha value is -1.97. The van der Waals surface area contributed by atoms with Gasteiger partial charge in [0.2, 0.25) is 0 Å². The van der Waals surface area contributed by atoms with Gasteiger partial charge in [0.1, 0.15) is 11.6 Å². The standard InChI is InChI=1S/C15H26N4O3/c1-11(2)12(17-14(21)22-15(3,4)5)13(20)19-9-7-6-8-18(19)10-16/h11-12H,6-9H2,1-5H3,(H,17,21). The van der Waals surface area contributed by atoms with E-state index in [1.54, 1.807) is 20.8 Å². The molecule has 0 aromatic rings. The Labute approximate surface area is 132 Å². The minimum absolute atomic E-state index is 0.109. The van der Waals surface area contributed by atoms with Crippen LogP contribution in [0.5, 0.6) is 0 Å². The number of hydrazine groups is 1. The Balaban J connectivity index is 2.79. The highest BCUT2D eigenvalue weighted by atomic mass is 16.6. The van der Waals surface area contributed by atoms with Crippen LogP contribution in [0.25, 0.3) is 0 Å². The third kappa shape index (κ3) is 5.10. The minimum Gasteiger partial charge on any atom is -0.444 e. The lowest BCUT2D eigenvalue weighted by Gasteiger charge is -2.37. The summed E-state index contributed by atoms with van der Waals surface area (Å²) < 4.78 is 5.21. The van der Waals surface area contributed by atoms with Crippen LogP contribution in [0.1, 0.15) is 47.5 Å². The molecule has 0 aromatic carbocycles. The van der Waals surface area contributed by atoms with E-state index in [1.807, 2.05) is 20.0 Å². The van der Waals surface area contributed by atoms with Crippen LogP contribution in [-0.4, -0.2) is 46.8 Å². The number of nitrogens with one attached hydrogen (secondary N) is 1. The molecule has 1 rings (SSSR count). The number of nitrogens with zero attached hydrogens (tertiary/aromatic N) is 3. The fourth-order valence-electron chi connectivity index (χ4n) is 2.21. The van der Waals surface area contributed by atoms with E-state index in [1.165, 1.54) is 10.0 Å². The van der Waals surface area contributed by atoms with Crippen molar-refractivity contribution in [3.05, 3.63) is 0 Å². The number of hydrogen-bond acceptors (Lipinski definition) is 5. The third-order valence-electron chi connectivity index (χ3n) is 3.26. The van der Waals surface area contributed by atoms with Crippen molar-refractivity contribution < 1.29 is 14.3 Å². The van der Waals surface area contributed by atoms with Crippen molar-refractivity contribution >= 4 is 12.0 Å². The number of hydrogen-bond donors (Lipinski definition) is 1. The van der Waals surface area contributed by atoms with Crippen molar-refractivity contribution in [2.45, 2.75) is 59.1 Å². The topological polar surface area (TPSA) is 85.7 Å². The van der Waals surface area contributed by atoms with E-state index in [-0.39, 0.29) is 11.8 Å². The number of carbonyl (C=O) groups is 2. The largest absolute Gasteiger partial charge is 0.444 e. The molecule has 1 aliphatic rings. The third-order valence-corrected chi connectivity index (χ3v) is 3.26. The quantitative estimate of drug-likeness (QED) is 0.804. The molecule has 1 N–H and O–H groups in total. The van der Waals surface area contributed by atoms with Crippen molar-refractivity contribution in [3.63, 3.8) is 0 Å². The molecule has 1 atom stereocenters. The van der Waals surface area contributed by atoms with Gasteiger partial charge in [0.05, 0.1) is 6.54 Å². The predicted octanol–water partition coefficient (Wildman–Crippen LogP) is 1.86. The molecular weight excluding hydrogens is 284 g/mol. The first kappa shape index (κ1) is 18.1. The first-order valence-electron chi connectivity index (χ1n) is 7.64. The van der Waals surface area contributed by atoms with Gasteiger partial charge in [0.15, 0.2) is 6.19 Å². The van der Waals surface area contributed by atoms with E-state index in [2.05, 4.69) is 5.32 Å². The van der Waals surface area contributed by atoms with Crippen LogP contribution >= 0.6 is 0 Å². The average Bonchev–Trinajstić information content (AvgIpc) is 2.41. The van der Waals surface area contributed by atoms with Gasteiger partial charge in [-0.05, 0) is 39.5 Å². The van der Waals surface area contributed by atoms with Crippen LogP contribution in [-0.2, 0) is 9.53 Å². The van der Waals surface area contributed by atoms with E-state index >= 15 is 0 Å². The summed E-state index contributed by atoms with van der Waals surface area (Å²) in [5, 5.41) is 14.5. The van der Waals surface area contributed by atoms with Gasteiger partial charge >= 0.3 is 6.09 Å². The molecule has 7 heteroatoms. The Kier molecular flexibility index (Phi) is 6.03. The van der Waals surface area contributed by atoms with Crippen molar-refractivity contribution in [1.82, 2.24) is 15.3 Å². The number of ether oxygens (including phenoxy) is 1. The maximum absolute atomic E-state index is 12.7. The van der Waals surface area contributed by atoms with E-state index in [0.29, 0.717) is 13.1 Å². The number of rotatable bonds is 3. The molecule has 0 aliphatic carbocycles. The first-order chi connectivity index (χ1) is 10.2. The zero-order valence-electron chi connectivity index (χ0n) is 14.0. The van der Waals surface area contributed by atoms with Gasteiger partial charge in [-0.3, -0.25) is 4.79 Å². The Morgan fingerprint density at radius 2 is 1.82 bits per heavy atom. The van der Waals surface area contributed by atoms with Gasteiger partial charge in [-0.1, -0.05) is 13.8 Å². The summed E-state index contributed by atoms with van der Waals surface area (Å²) in [6.07, 6.45) is 3.12. The smallest absolute Gasteiger partial charge is 0.408 e. The average molecular weight is 310 g/mol. The lowest BCUT2D eigenvalue weighted by Crippen LogP contribution is -2.57. The van der Waals surface area contributed by atoms with Crippen molar-refractivity contribution in [3.8, 4) is 6.19 Å². The normalized spacial score (nSPS) is 17.0. The number of nitriles is 1. The molecule has 1 aliphatic heterocycles. The van der Waals surface area contributed by atoms with Crippen LogP contribution in [0.2, 0.25) is 0 Å². The van der Waals surface area contributed by atoms with Gasteiger partial charge in [0.25, 0.3) is 5.91 Å². The molecule has 1 heterocycles. The zero-order valence-corrected chi connectivity index (χ0v) is 14.0. The second-order valence-corrected chi connectivity index (χ2v) is 6.76. The molecule has 0 bridgehead atoms. The fourth-order valence-corrected chi connectivity index (χ4v) is 2.21. The highest BCUT2D eigenvalue weighted by Crippen LogP contribution is 2.15. The summed E-state index contributed by atoms with van der Waals surface area (Å²) in [5.74, 6) is -0.385. The molecule has 1 saturated heterocycles. The number of amides is 2. The maximum Gasteiger partial charge on any atom is 0.408 e. The summed E-state index contributed by atoms with van der Waals surface area (Å²) in [6, 6.07) is -0.719. The summed E-state index contributed by atoms with van der Waals surface area (Å²) >= 11 is 0. The monoisotopic (exact) mass is 310 g/mol. The molecule has 0 spiro atoms. The molecule has 0 saturated carbocycles. The van der Waals surface area contributed by atoms with E-state index < -0.39 is 17.7 Å². The van der Waals surface area contributed by atoms with Crippen molar-refractivity contribution in [2.24, 2.45) is 5.92 Å². The highest BCUT2D eigenvalue weighted by molar-refractivity contribution is 5.85. The number of carbonyl (C=O) groups excluding carboxylic acids is 2. The fraction of sp³-hybridized carbons (Fsp3) is 0.800. The molecule has 124 valence electrons. The molecule has 22 heavy (non-hydrogen) atoms. The van der Waals surface area contributed by atoms with Gasteiger partial charge in [-0.15, -0.1) is 0 Å². The van der Waals surface area contributed by atoms with Gasteiger partial charge in [0, 0.05) is 6.54 Å². The van der Waals surface area contributed by atoms with Gasteiger partial charge in [-0.2, -0.15) is 5.26 Å². The lowest BCUT2D eigenvalue weighted by atomic mass is 10.0. The van der Waals surface area contributed by atoms with Gasteiger partial charge in [-0.25, -0.2) is 14.8 Å². The Morgan fingerprint density at radius 3 is 2.32 bits per heavy atom. The Bertz CT molecular complexity index is 451. The summed E-state index contributed by atoms with van der Waals surface area (Å²) in [7, 11) is 0. The van der Waals surface area contributed by atoms with Crippen LogP contribution in [0.15, 0.2) is 0 Å². The van der Waals surface area contributed by atoms with Crippen LogP contribution in [0, 0.1) is 17.4 Å². The molecular formula is C15H26N4O3. The first-order valence-corrected chi connectivity index (χ1v) is 7.64. The van der Waals surface area contributed by atoms with Crippen LogP contribution in [0.3, 0.4) is 0 Å². The summed E-state index contributed by atoms with van der Waals surface area (Å²) in [5.41, 5.74) is -0.627. The van der Waals surface area contributed by atoms with Crippen LogP contribution in [0.4, 0.5) is 4.79 Å². The maximum atomic E-state index is 12.7. The van der Waals surface area contributed by atoms with Crippen molar-refractivity contribution in [2.75, 3.05) is 13.1 Å². The molecule has 0 radical (unpaired) electrons. The SMILES string of the molecule is CC(C)C(NC(=O)OC(C)(C)C)C(=O)N1CCCCN1C#N. The molecule has 1 unspecified atom stereocenters. The molecule has 1 fully saturated rings. The molecule has 0 aromatic heterocycles. The Morgan fingerprint density at radius 1 is 1.23 bits per heavy atom. The predicted molar refractivity (Wildman–Crippen MR) is 81.3 cm³/mol. The van der Waals surface area contributed by atoms with Crippen molar-refractivity contribution in [1.29, 1.82) is 5.26 Å². The second-order valence-electron chi connectivity index (χ2n) is 6.76. The van der Waals surface area contributed by atoms with E-state index in [0.717, 1.165) is 12.8 Å². The summed E-state index contributed by atoms with van der Waals surface area (Å²) in [6.45, 7) is 10.0. The van der Waals surface area contributed by atoms with E-state index in [9.17, 15) is 9.59 Å². The second kappa shape index (κ2) is 7.34. The molecule has 7 nitrogen and oxygen atoms in total. The highest BCUT2D eigenvalue weighted by Gasteiger charge is 2.34. The van der Waals surface area contributed by atoms with Gasteiger partial charge < -0.3 is 10.1 Å². The lowest BCUT2D eigenvalue weighted by molar-refractivity contribution is -0.150. The van der Waals surface area contributed by atoms with E-state index in [4.69, 9.17) is 10.00 Å². The molecule has 2 amide bonds. The van der Waals surface area contributed by atoms with Crippen LogP contribution < -0.4 is 5.32 Å². The minimum atomic E-state index is -0.719. The summed E-state index contributed by atoms with van der Waals surface area (Å²) in [4.78, 5) is 24.6. The number of alkyl carbamates (subject to hydrolysis) is 1. The zero-order chi connectivity index (χ0) is 16.9.